The van der Waals surface area contributed by atoms with Crippen LogP contribution in [0.4, 0.5) is 0 Å². The first-order valence-corrected chi connectivity index (χ1v) is 6.57. The zero-order valence-electron chi connectivity index (χ0n) is 9.97. The van der Waals surface area contributed by atoms with E-state index in [2.05, 4.69) is 4.98 Å². The third-order valence-corrected chi connectivity index (χ3v) is 3.24. The molecule has 0 bridgehead atoms. The Morgan fingerprint density at radius 3 is 3.00 bits per heavy atom. The molecule has 18 heavy (non-hydrogen) atoms. The fourth-order valence-electron chi connectivity index (χ4n) is 1.64. The number of rotatable bonds is 3. The van der Waals surface area contributed by atoms with Crippen molar-refractivity contribution in [2.24, 2.45) is 0 Å². The van der Waals surface area contributed by atoms with Crippen LogP contribution in [-0.4, -0.2) is 15.9 Å². The topological polar surface area (TPSA) is 49.9 Å². The van der Waals surface area contributed by atoms with Gasteiger partial charge in [-0.1, -0.05) is 30.0 Å². The minimum absolute atomic E-state index is 0.0112. The Bertz CT molecular complexity index is 658. The van der Waals surface area contributed by atoms with Crippen molar-refractivity contribution in [1.82, 2.24) is 4.98 Å². The number of hydrogen-bond acceptors (Lipinski definition) is 3. The Morgan fingerprint density at radius 1 is 1.39 bits per heavy atom. The average molecular weight is 259 g/mol. The molecule has 0 saturated carbocycles. The molecule has 4 heteroatoms. The van der Waals surface area contributed by atoms with Crippen LogP contribution in [0.15, 0.2) is 41.3 Å². The standard InChI is InChI=1S/C14H13NO2S/c1-10(16)18-8-2-3-11-4-5-13-12(9-11)14(17)6-7-15-13/h2-7,9H,8H2,1H3,(H,15,17). The number of carbonyl (C=O) groups is 1. The quantitative estimate of drug-likeness (QED) is 0.922. The molecule has 0 aliphatic carbocycles. The predicted molar refractivity (Wildman–Crippen MR) is 76.7 cm³/mol. The molecule has 1 heterocycles. The lowest BCUT2D eigenvalue weighted by Crippen LogP contribution is -1.99. The van der Waals surface area contributed by atoms with E-state index in [9.17, 15) is 9.59 Å². The van der Waals surface area contributed by atoms with Crippen molar-refractivity contribution >= 4 is 33.9 Å². The van der Waals surface area contributed by atoms with Crippen LogP contribution >= 0.6 is 11.8 Å². The van der Waals surface area contributed by atoms with Crippen molar-refractivity contribution in [3.05, 3.63) is 52.3 Å². The molecule has 1 aromatic carbocycles. The maximum Gasteiger partial charge on any atom is 0.189 e. The highest BCUT2D eigenvalue weighted by molar-refractivity contribution is 8.13. The van der Waals surface area contributed by atoms with Gasteiger partial charge in [0.05, 0.1) is 0 Å². The van der Waals surface area contributed by atoms with Crippen molar-refractivity contribution < 1.29 is 4.79 Å². The number of H-pyrrole nitrogens is 1. The van der Waals surface area contributed by atoms with E-state index in [1.165, 1.54) is 17.8 Å². The maximum atomic E-state index is 11.7. The van der Waals surface area contributed by atoms with Crippen LogP contribution in [0.3, 0.4) is 0 Å². The van der Waals surface area contributed by atoms with E-state index in [0.717, 1.165) is 11.1 Å². The molecular weight excluding hydrogens is 246 g/mol. The molecule has 0 atom stereocenters. The molecule has 0 fully saturated rings. The van der Waals surface area contributed by atoms with Crippen molar-refractivity contribution in [3.8, 4) is 0 Å². The smallest absolute Gasteiger partial charge is 0.189 e. The Balaban J connectivity index is 2.22. The molecule has 2 aromatic rings. The average Bonchev–Trinajstić information content (AvgIpc) is 2.35. The van der Waals surface area contributed by atoms with Gasteiger partial charge in [-0.05, 0) is 17.7 Å². The molecule has 2 rings (SSSR count). The Morgan fingerprint density at radius 2 is 2.22 bits per heavy atom. The van der Waals surface area contributed by atoms with Crippen LogP contribution in [0.5, 0.6) is 0 Å². The lowest BCUT2D eigenvalue weighted by atomic mass is 10.1. The summed E-state index contributed by atoms with van der Waals surface area (Å²) < 4.78 is 0. The van der Waals surface area contributed by atoms with E-state index < -0.39 is 0 Å². The first-order valence-electron chi connectivity index (χ1n) is 5.58. The summed E-state index contributed by atoms with van der Waals surface area (Å²) in [6.07, 6.45) is 5.48. The lowest BCUT2D eigenvalue weighted by molar-refractivity contribution is -0.109. The number of thioether (sulfide) groups is 1. The van der Waals surface area contributed by atoms with E-state index in [0.29, 0.717) is 11.1 Å². The van der Waals surface area contributed by atoms with Crippen LogP contribution < -0.4 is 5.43 Å². The van der Waals surface area contributed by atoms with Crippen molar-refractivity contribution in [2.45, 2.75) is 6.92 Å². The fraction of sp³-hybridized carbons (Fsp3) is 0.143. The van der Waals surface area contributed by atoms with Gasteiger partial charge in [0.15, 0.2) is 10.5 Å². The van der Waals surface area contributed by atoms with Crippen LogP contribution in [0.1, 0.15) is 12.5 Å². The highest BCUT2D eigenvalue weighted by Gasteiger charge is 1.98. The summed E-state index contributed by atoms with van der Waals surface area (Å²) in [6, 6.07) is 7.19. The summed E-state index contributed by atoms with van der Waals surface area (Å²) in [4.78, 5) is 25.4. The van der Waals surface area contributed by atoms with Gasteiger partial charge in [0, 0.05) is 35.8 Å². The molecule has 0 unspecified atom stereocenters. The van der Waals surface area contributed by atoms with Gasteiger partial charge in [-0.2, -0.15) is 0 Å². The first-order chi connectivity index (χ1) is 8.66. The zero-order chi connectivity index (χ0) is 13.0. The second kappa shape index (κ2) is 5.69. The van der Waals surface area contributed by atoms with Crippen molar-refractivity contribution in [1.29, 1.82) is 0 Å². The second-order valence-corrected chi connectivity index (χ2v) is 5.05. The molecule has 0 aliphatic heterocycles. The molecule has 3 nitrogen and oxygen atoms in total. The van der Waals surface area contributed by atoms with E-state index >= 15 is 0 Å². The molecular formula is C14H13NO2S. The number of pyridine rings is 1. The van der Waals surface area contributed by atoms with Gasteiger partial charge in [0.25, 0.3) is 0 Å². The molecule has 0 aliphatic rings. The van der Waals surface area contributed by atoms with Crippen LogP contribution in [0, 0.1) is 0 Å². The fourth-order valence-corrected chi connectivity index (χ4v) is 2.07. The third-order valence-electron chi connectivity index (χ3n) is 2.48. The summed E-state index contributed by atoms with van der Waals surface area (Å²) in [6.45, 7) is 1.55. The van der Waals surface area contributed by atoms with Crippen LogP contribution in [-0.2, 0) is 4.79 Å². The Labute approximate surface area is 109 Å². The van der Waals surface area contributed by atoms with Gasteiger partial charge in [0.2, 0.25) is 0 Å². The number of nitrogens with one attached hydrogen (secondary N) is 1. The summed E-state index contributed by atoms with van der Waals surface area (Å²) in [7, 11) is 0. The number of carbonyl (C=O) groups excluding carboxylic acids is 1. The SMILES string of the molecule is CC(=O)SCC=Cc1ccc2[nH]ccc(=O)c2c1. The van der Waals surface area contributed by atoms with E-state index in [-0.39, 0.29) is 10.5 Å². The second-order valence-electron chi connectivity index (χ2n) is 3.85. The third kappa shape index (κ3) is 3.11. The monoisotopic (exact) mass is 259 g/mol. The highest BCUT2D eigenvalue weighted by Crippen LogP contribution is 2.12. The molecule has 0 spiro atoms. The largest absolute Gasteiger partial charge is 0.361 e. The van der Waals surface area contributed by atoms with Crippen LogP contribution in [0.2, 0.25) is 0 Å². The summed E-state index contributed by atoms with van der Waals surface area (Å²) in [5.74, 6) is 0.651. The Hall–Kier alpha value is -1.81. The summed E-state index contributed by atoms with van der Waals surface area (Å²) >= 11 is 1.26. The van der Waals surface area contributed by atoms with Gasteiger partial charge in [-0.3, -0.25) is 9.59 Å². The number of aromatic amines is 1. The van der Waals surface area contributed by atoms with Crippen LogP contribution in [0.25, 0.3) is 17.0 Å². The van der Waals surface area contributed by atoms with Gasteiger partial charge < -0.3 is 4.98 Å². The number of aromatic nitrogens is 1. The molecule has 0 saturated heterocycles. The van der Waals surface area contributed by atoms with Gasteiger partial charge in [-0.25, -0.2) is 0 Å². The summed E-state index contributed by atoms with van der Waals surface area (Å²) in [5, 5.41) is 0.786. The van der Waals surface area contributed by atoms with E-state index in [4.69, 9.17) is 0 Å². The number of hydrogen-bond donors (Lipinski definition) is 1. The first kappa shape index (κ1) is 12.6. The number of benzene rings is 1. The molecule has 1 aromatic heterocycles. The van der Waals surface area contributed by atoms with E-state index in [1.54, 1.807) is 13.1 Å². The van der Waals surface area contributed by atoms with Crippen molar-refractivity contribution in [3.63, 3.8) is 0 Å². The maximum absolute atomic E-state index is 11.7. The summed E-state index contributed by atoms with van der Waals surface area (Å²) in [5.41, 5.74) is 1.80. The number of fused-ring (bicyclic) bond motifs is 1. The van der Waals surface area contributed by atoms with Gasteiger partial charge >= 0.3 is 0 Å². The van der Waals surface area contributed by atoms with Gasteiger partial charge in [-0.15, -0.1) is 0 Å². The highest BCUT2D eigenvalue weighted by atomic mass is 32.2. The molecule has 1 N–H and O–H groups in total. The molecule has 0 amide bonds. The lowest BCUT2D eigenvalue weighted by Gasteiger charge is -1.98. The minimum atomic E-state index is 0.0112. The normalized spacial score (nSPS) is 11.2. The van der Waals surface area contributed by atoms with Gasteiger partial charge in [0.1, 0.15) is 0 Å². The Kier molecular flexibility index (Phi) is 3.99. The minimum Gasteiger partial charge on any atom is -0.361 e. The molecule has 92 valence electrons. The zero-order valence-corrected chi connectivity index (χ0v) is 10.8. The van der Waals surface area contributed by atoms with E-state index in [1.807, 2.05) is 30.4 Å². The van der Waals surface area contributed by atoms with Crippen molar-refractivity contribution in [2.75, 3.05) is 5.75 Å². The molecule has 0 radical (unpaired) electrons. The predicted octanol–water partition coefficient (Wildman–Crippen LogP) is 2.82.